The van der Waals surface area contributed by atoms with Crippen molar-refractivity contribution in [2.75, 3.05) is 6.16 Å². The number of hydrogen-bond acceptors (Lipinski definition) is 4. The van der Waals surface area contributed by atoms with Crippen LogP contribution in [-0.4, -0.2) is 49.4 Å². The Hall–Kier alpha value is -1.32. The quantitative estimate of drug-likeness (QED) is 0.182. The van der Waals surface area contributed by atoms with Gasteiger partial charge in [-0.25, -0.2) is 0 Å². The van der Waals surface area contributed by atoms with Crippen LogP contribution in [0.25, 0.3) is 0 Å². The molecule has 1 saturated carbocycles. The second kappa shape index (κ2) is 14.1. The molecule has 0 radical (unpaired) electrons. The highest BCUT2D eigenvalue weighted by Gasteiger charge is 2.50. The first kappa shape index (κ1) is 40.1. The van der Waals surface area contributed by atoms with E-state index in [2.05, 4.69) is 108 Å². The molecule has 8 heteroatoms. The molecular weight excluding hydrogens is 648 g/mol. The molecule has 1 aliphatic rings. The van der Waals surface area contributed by atoms with Crippen LogP contribution in [0.15, 0.2) is 84.5 Å². The summed E-state index contributed by atoms with van der Waals surface area (Å²) >= 11 is 0. The summed E-state index contributed by atoms with van der Waals surface area (Å²) in [5.41, 5.74) is 1.95. The number of hydrogen-bond donors (Lipinski definition) is 0. The van der Waals surface area contributed by atoms with E-state index in [0.29, 0.717) is 12.6 Å². The van der Waals surface area contributed by atoms with Gasteiger partial charge in [0.2, 0.25) is 0 Å². The molecule has 0 saturated heterocycles. The van der Waals surface area contributed by atoms with Gasteiger partial charge in [0.05, 0.1) is 18.3 Å². The summed E-state index contributed by atoms with van der Waals surface area (Å²) in [5, 5.41) is 1.78. The Balaban J connectivity index is 2.27. The fourth-order valence-electron chi connectivity index (χ4n) is 5.17. The Kier molecular flexibility index (Phi) is 12.1. The number of rotatable bonds is 10. The maximum absolute atomic E-state index is 15.2. The smallest absolute Gasteiger partial charge is 0.193 e. The number of benzene rings is 2. The van der Waals surface area contributed by atoms with Crippen LogP contribution in [-0.2, 0) is 17.8 Å². The maximum Gasteiger partial charge on any atom is 0.193 e. The van der Waals surface area contributed by atoms with Crippen LogP contribution >= 0.6 is 7.14 Å². The summed E-state index contributed by atoms with van der Waals surface area (Å²) in [6, 6.07) is 19.9. The van der Waals surface area contributed by atoms with E-state index in [-0.39, 0.29) is 33.4 Å². The van der Waals surface area contributed by atoms with Gasteiger partial charge in [-0.15, -0.1) is 0 Å². The third-order valence-corrected chi connectivity index (χ3v) is 27.9. The molecule has 2 aromatic rings. The molecule has 0 aromatic heterocycles. The number of allylic oxidation sites excluding steroid dienone is 1. The van der Waals surface area contributed by atoms with Gasteiger partial charge >= 0.3 is 0 Å². The van der Waals surface area contributed by atoms with Crippen LogP contribution < -0.4 is 10.6 Å². The fourth-order valence-corrected chi connectivity index (χ4v) is 11.5. The van der Waals surface area contributed by atoms with Gasteiger partial charge in [-0.3, -0.25) is 0 Å². The Morgan fingerprint density at radius 1 is 0.681 bits per heavy atom. The average Bonchev–Trinajstić information content (AvgIpc) is 2.93. The lowest BCUT2D eigenvalue weighted by molar-refractivity contribution is 0.0136. The second-order valence-corrected chi connectivity index (χ2v) is 35.2. The summed E-state index contributed by atoms with van der Waals surface area (Å²) in [6.07, 6.45) is 2.52. The lowest BCUT2D eigenvalue weighted by Gasteiger charge is -2.50. The van der Waals surface area contributed by atoms with Crippen molar-refractivity contribution in [1.82, 2.24) is 0 Å². The zero-order chi connectivity index (χ0) is 35.9. The van der Waals surface area contributed by atoms with Crippen LogP contribution in [0.5, 0.6) is 0 Å². The predicted octanol–water partition coefficient (Wildman–Crippen LogP) is 11.1. The van der Waals surface area contributed by atoms with Crippen molar-refractivity contribution in [2.45, 2.75) is 141 Å². The van der Waals surface area contributed by atoms with E-state index in [4.69, 9.17) is 19.9 Å². The molecular formula is C39H65O4PSi3. The molecule has 262 valence electrons. The van der Waals surface area contributed by atoms with Crippen molar-refractivity contribution in [1.29, 1.82) is 0 Å². The normalized spacial score (nSPS) is 21.7. The van der Waals surface area contributed by atoms with Crippen molar-refractivity contribution in [3.63, 3.8) is 0 Å². The minimum absolute atomic E-state index is 0.00117. The monoisotopic (exact) mass is 712 g/mol. The van der Waals surface area contributed by atoms with Crippen LogP contribution in [0.2, 0.25) is 54.4 Å². The van der Waals surface area contributed by atoms with Gasteiger partial charge in [-0.2, -0.15) is 0 Å². The summed E-state index contributed by atoms with van der Waals surface area (Å²) in [6.45, 7) is 39.2. The molecule has 3 atom stereocenters. The van der Waals surface area contributed by atoms with Crippen molar-refractivity contribution in [2.24, 2.45) is 0 Å². The molecule has 0 spiro atoms. The molecule has 0 N–H and O–H groups in total. The molecule has 0 amide bonds. The van der Waals surface area contributed by atoms with Gasteiger partial charge in [-0.05, 0) is 65.5 Å². The largest absolute Gasteiger partial charge is 0.411 e. The Morgan fingerprint density at radius 2 is 1.06 bits per heavy atom. The van der Waals surface area contributed by atoms with Crippen molar-refractivity contribution >= 4 is 42.7 Å². The van der Waals surface area contributed by atoms with Crippen LogP contribution in [0.3, 0.4) is 0 Å². The first-order valence-electron chi connectivity index (χ1n) is 17.4. The van der Waals surface area contributed by atoms with Gasteiger partial charge in [0, 0.05) is 23.2 Å². The molecule has 4 nitrogen and oxygen atoms in total. The SMILES string of the molecule is C=C1/C(=C\CP(=O)(c2ccccc2)c2ccccc2)[C@@H](O[Si](C)(C)C(C)(C)C)[C@@H](O[Si](C)(C)C(C)(C)C)C[C@@H]1O[Si](C)(C)C(C)(C)C. The molecule has 47 heavy (non-hydrogen) atoms. The third-order valence-electron chi connectivity index (χ3n) is 11.5. The van der Waals surface area contributed by atoms with Gasteiger partial charge in [-0.1, -0.05) is 136 Å². The van der Waals surface area contributed by atoms with Crippen LogP contribution in [0.1, 0.15) is 68.7 Å². The van der Waals surface area contributed by atoms with Gasteiger partial charge in [0.15, 0.2) is 25.0 Å². The molecule has 2 aromatic carbocycles. The minimum Gasteiger partial charge on any atom is -0.411 e. The lowest BCUT2D eigenvalue weighted by Crippen LogP contribution is -2.57. The Morgan fingerprint density at radius 3 is 1.47 bits per heavy atom. The first-order valence-corrected chi connectivity index (χ1v) is 28.0. The summed E-state index contributed by atoms with van der Waals surface area (Å²) < 4.78 is 37.2. The highest BCUT2D eigenvalue weighted by molar-refractivity contribution is 7.78. The van der Waals surface area contributed by atoms with Crippen LogP contribution in [0.4, 0.5) is 0 Å². The van der Waals surface area contributed by atoms with Gasteiger partial charge < -0.3 is 17.8 Å². The molecule has 0 heterocycles. The minimum atomic E-state index is -3.03. The predicted molar refractivity (Wildman–Crippen MR) is 213 cm³/mol. The molecule has 1 fully saturated rings. The Labute approximate surface area is 291 Å². The molecule has 0 aliphatic heterocycles. The van der Waals surface area contributed by atoms with E-state index in [1.165, 1.54) is 0 Å². The average molecular weight is 713 g/mol. The van der Waals surface area contributed by atoms with E-state index in [9.17, 15) is 0 Å². The lowest BCUT2D eigenvalue weighted by atomic mass is 9.84. The van der Waals surface area contributed by atoms with E-state index in [0.717, 1.165) is 21.8 Å². The van der Waals surface area contributed by atoms with E-state index in [1.54, 1.807) is 0 Å². The third kappa shape index (κ3) is 9.08. The summed E-state index contributed by atoms with van der Waals surface area (Å²) in [4.78, 5) is 0. The van der Waals surface area contributed by atoms with Gasteiger partial charge in [0.1, 0.15) is 7.14 Å². The summed E-state index contributed by atoms with van der Waals surface area (Å²) in [7, 11) is -9.69. The first-order chi connectivity index (χ1) is 21.2. The molecule has 1 aliphatic carbocycles. The fraction of sp³-hybridized carbons (Fsp3) is 0.590. The van der Waals surface area contributed by atoms with Crippen LogP contribution in [0, 0.1) is 0 Å². The zero-order valence-corrected chi connectivity index (χ0v) is 36.2. The maximum atomic E-state index is 15.2. The molecule has 3 rings (SSSR count). The van der Waals surface area contributed by atoms with E-state index >= 15 is 4.57 Å². The van der Waals surface area contributed by atoms with Gasteiger partial charge in [0.25, 0.3) is 0 Å². The summed E-state index contributed by atoms with van der Waals surface area (Å²) in [5.74, 6) is 0. The van der Waals surface area contributed by atoms with Crippen molar-refractivity contribution < 1.29 is 17.8 Å². The zero-order valence-electron chi connectivity index (χ0n) is 32.3. The van der Waals surface area contributed by atoms with Crippen molar-refractivity contribution in [3.05, 3.63) is 84.5 Å². The molecule has 0 unspecified atom stereocenters. The second-order valence-electron chi connectivity index (χ2n) is 18.1. The standard InChI is InChI=1S/C39H65O4PSi3/c1-30-33(27-28-44(40,31-23-19-17-20-24-31)32-25-21-18-22-26-32)36(43-47(15,16)39(8,9)10)35(42-46(13,14)38(5,6)7)29-34(30)41-45(11,12)37(2,3)4/h17-27,34-36H,1,28-29H2,2-16H3/b33-27+/t34-,35-,36+/m0/s1. The van der Waals surface area contributed by atoms with E-state index < -0.39 is 32.1 Å². The highest BCUT2D eigenvalue weighted by Crippen LogP contribution is 2.49. The van der Waals surface area contributed by atoms with E-state index in [1.807, 2.05) is 60.7 Å². The molecule has 0 bridgehead atoms. The Bertz CT molecular complexity index is 1400. The topological polar surface area (TPSA) is 44.8 Å². The highest BCUT2D eigenvalue weighted by atomic mass is 31.2. The van der Waals surface area contributed by atoms with Crippen molar-refractivity contribution in [3.8, 4) is 0 Å².